The number of aryl methyl sites for hydroxylation is 1. The van der Waals surface area contributed by atoms with E-state index in [4.69, 9.17) is 10.3 Å². The highest BCUT2D eigenvalue weighted by atomic mass is 32.1. The van der Waals surface area contributed by atoms with Gasteiger partial charge in [-0.2, -0.15) is 4.98 Å². The minimum absolute atomic E-state index is 0.150. The molecule has 0 unspecified atom stereocenters. The molecule has 98 valence electrons. The molecule has 0 bridgehead atoms. The molecule has 2 heterocycles. The van der Waals surface area contributed by atoms with Crippen LogP contribution in [0.15, 0.2) is 9.90 Å². The molecule has 0 aliphatic carbocycles. The second-order valence-electron chi connectivity index (χ2n) is 4.33. The molecular formula is C12H18N4OS. The molecule has 0 saturated heterocycles. The first-order chi connectivity index (χ1) is 8.69. The molecule has 0 saturated carbocycles. The van der Waals surface area contributed by atoms with Gasteiger partial charge < -0.3 is 10.3 Å². The Hall–Kier alpha value is -1.27. The van der Waals surface area contributed by atoms with Crippen molar-refractivity contribution in [3.63, 3.8) is 0 Å². The number of rotatable bonds is 6. The van der Waals surface area contributed by atoms with Gasteiger partial charge in [0.1, 0.15) is 0 Å². The molecule has 2 aromatic heterocycles. The lowest BCUT2D eigenvalue weighted by Crippen LogP contribution is -2.10. The molecule has 1 atom stereocenters. The van der Waals surface area contributed by atoms with E-state index in [0.29, 0.717) is 18.1 Å². The summed E-state index contributed by atoms with van der Waals surface area (Å²) in [5, 5.41) is 7.01. The number of aromatic nitrogens is 3. The maximum absolute atomic E-state index is 5.98. The molecule has 2 aromatic rings. The van der Waals surface area contributed by atoms with Gasteiger partial charge in [-0.05, 0) is 13.3 Å². The summed E-state index contributed by atoms with van der Waals surface area (Å²) < 4.78 is 5.19. The summed E-state index contributed by atoms with van der Waals surface area (Å²) in [6.07, 6.45) is 3.68. The van der Waals surface area contributed by atoms with Crippen LogP contribution in [0, 0.1) is 6.92 Å². The van der Waals surface area contributed by atoms with Gasteiger partial charge in [-0.15, -0.1) is 11.3 Å². The van der Waals surface area contributed by atoms with Gasteiger partial charge in [-0.25, -0.2) is 4.98 Å². The van der Waals surface area contributed by atoms with Crippen molar-refractivity contribution in [1.29, 1.82) is 0 Å². The van der Waals surface area contributed by atoms with E-state index >= 15 is 0 Å². The molecule has 0 fully saturated rings. The molecule has 2 rings (SSSR count). The van der Waals surface area contributed by atoms with Crippen molar-refractivity contribution in [1.82, 2.24) is 15.1 Å². The lowest BCUT2D eigenvalue weighted by Gasteiger charge is -2.03. The third kappa shape index (κ3) is 3.36. The van der Waals surface area contributed by atoms with Crippen LogP contribution in [0.1, 0.15) is 54.6 Å². The number of thiazole rings is 1. The molecule has 6 heteroatoms. The number of nitrogens with two attached hydrogens (primary N) is 1. The van der Waals surface area contributed by atoms with Gasteiger partial charge in [-0.3, -0.25) is 0 Å². The lowest BCUT2D eigenvalue weighted by atomic mass is 10.1. The molecule has 18 heavy (non-hydrogen) atoms. The summed E-state index contributed by atoms with van der Waals surface area (Å²) in [5.74, 6) is 1.19. The van der Waals surface area contributed by atoms with E-state index in [1.807, 2.05) is 12.3 Å². The Morgan fingerprint density at radius 1 is 1.44 bits per heavy atom. The van der Waals surface area contributed by atoms with Crippen LogP contribution in [0.3, 0.4) is 0 Å². The molecule has 0 aromatic carbocycles. The van der Waals surface area contributed by atoms with Crippen LogP contribution in [-0.2, 0) is 6.42 Å². The van der Waals surface area contributed by atoms with Crippen LogP contribution in [0.5, 0.6) is 0 Å². The van der Waals surface area contributed by atoms with Crippen LogP contribution >= 0.6 is 11.3 Å². The van der Waals surface area contributed by atoms with E-state index in [-0.39, 0.29) is 6.04 Å². The van der Waals surface area contributed by atoms with Crippen molar-refractivity contribution in [3.05, 3.63) is 27.8 Å². The van der Waals surface area contributed by atoms with Crippen molar-refractivity contribution in [2.45, 2.75) is 45.6 Å². The zero-order chi connectivity index (χ0) is 13.0. The second-order valence-corrected chi connectivity index (χ2v) is 5.39. The summed E-state index contributed by atoms with van der Waals surface area (Å²) in [6, 6.07) is -0.150. The number of nitrogens with zero attached hydrogens (tertiary/aromatic N) is 3. The first-order valence-electron chi connectivity index (χ1n) is 6.18. The van der Waals surface area contributed by atoms with E-state index in [1.54, 1.807) is 11.3 Å². The normalized spacial score (nSPS) is 12.8. The fourth-order valence-electron chi connectivity index (χ4n) is 1.69. The standard InChI is InChI=1S/C12H18N4OS/c1-3-4-5-10(13)12-15-11(16-17-12)6-9-7-18-8(2)14-9/h7,10H,3-6,13H2,1-2H3/t10-/m0/s1. The lowest BCUT2D eigenvalue weighted by molar-refractivity contribution is 0.343. The Morgan fingerprint density at radius 3 is 2.94 bits per heavy atom. The Balaban J connectivity index is 1.97. The van der Waals surface area contributed by atoms with Crippen molar-refractivity contribution >= 4 is 11.3 Å². The number of unbranched alkanes of at least 4 members (excludes halogenated alkanes) is 1. The van der Waals surface area contributed by atoms with E-state index in [0.717, 1.165) is 30.0 Å². The molecule has 5 nitrogen and oxygen atoms in total. The summed E-state index contributed by atoms with van der Waals surface area (Å²) in [7, 11) is 0. The molecule has 2 N–H and O–H groups in total. The van der Waals surface area contributed by atoms with Crippen LogP contribution in [0.4, 0.5) is 0 Å². The molecule has 0 radical (unpaired) electrons. The monoisotopic (exact) mass is 266 g/mol. The maximum atomic E-state index is 5.98. The van der Waals surface area contributed by atoms with Crippen molar-refractivity contribution in [3.8, 4) is 0 Å². The Morgan fingerprint density at radius 2 is 2.28 bits per heavy atom. The van der Waals surface area contributed by atoms with E-state index in [2.05, 4.69) is 22.0 Å². The van der Waals surface area contributed by atoms with Gasteiger partial charge in [-0.1, -0.05) is 24.9 Å². The fourth-order valence-corrected chi connectivity index (χ4v) is 2.30. The summed E-state index contributed by atoms with van der Waals surface area (Å²) in [5.41, 5.74) is 6.96. The number of hydrogen-bond acceptors (Lipinski definition) is 6. The van der Waals surface area contributed by atoms with Crippen molar-refractivity contribution in [2.75, 3.05) is 0 Å². The van der Waals surface area contributed by atoms with Crippen molar-refractivity contribution in [2.24, 2.45) is 5.73 Å². The highest BCUT2D eigenvalue weighted by Crippen LogP contribution is 2.16. The predicted molar refractivity (Wildman–Crippen MR) is 70.4 cm³/mol. The van der Waals surface area contributed by atoms with Gasteiger partial charge in [0.15, 0.2) is 5.82 Å². The van der Waals surface area contributed by atoms with E-state index < -0.39 is 0 Å². The first-order valence-corrected chi connectivity index (χ1v) is 7.06. The third-order valence-electron chi connectivity index (χ3n) is 2.68. The quantitative estimate of drug-likeness (QED) is 0.869. The topological polar surface area (TPSA) is 77.8 Å². The Kier molecular flexibility index (Phi) is 4.43. The Labute approximate surface area is 110 Å². The van der Waals surface area contributed by atoms with Gasteiger partial charge in [0.05, 0.1) is 23.2 Å². The van der Waals surface area contributed by atoms with Gasteiger partial charge in [0.2, 0.25) is 5.89 Å². The van der Waals surface area contributed by atoms with Crippen LogP contribution in [0.25, 0.3) is 0 Å². The molecule has 0 aliphatic rings. The smallest absolute Gasteiger partial charge is 0.243 e. The van der Waals surface area contributed by atoms with Crippen LogP contribution in [0.2, 0.25) is 0 Å². The first kappa shape index (κ1) is 13.2. The minimum Gasteiger partial charge on any atom is -0.338 e. The van der Waals surface area contributed by atoms with Gasteiger partial charge in [0.25, 0.3) is 0 Å². The highest BCUT2D eigenvalue weighted by molar-refractivity contribution is 7.09. The average Bonchev–Trinajstić information content (AvgIpc) is 2.96. The SMILES string of the molecule is CCCC[C@H](N)c1nc(Cc2csc(C)n2)no1. The second kappa shape index (κ2) is 6.06. The van der Waals surface area contributed by atoms with Gasteiger partial charge >= 0.3 is 0 Å². The van der Waals surface area contributed by atoms with Crippen molar-refractivity contribution < 1.29 is 4.52 Å². The highest BCUT2D eigenvalue weighted by Gasteiger charge is 2.15. The van der Waals surface area contributed by atoms with Crippen LogP contribution < -0.4 is 5.73 Å². The maximum Gasteiger partial charge on any atom is 0.243 e. The zero-order valence-corrected chi connectivity index (χ0v) is 11.5. The molecular weight excluding hydrogens is 248 g/mol. The largest absolute Gasteiger partial charge is 0.338 e. The predicted octanol–water partition coefficient (Wildman–Crippen LogP) is 2.62. The van der Waals surface area contributed by atoms with E-state index in [1.165, 1.54) is 0 Å². The minimum atomic E-state index is -0.150. The van der Waals surface area contributed by atoms with Crippen LogP contribution in [-0.4, -0.2) is 15.1 Å². The molecule has 0 aliphatic heterocycles. The van der Waals surface area contributed by atoms with Gasteiger partial charge in [0, 0.05) is 5.38 Å². The van der Waals surface area contributed by atoms with E-state index in [9.17, 15) is 0 Å². The molecule has 0 amide bonds. The summed E-state index contributed by atoms with van der Waals surface area (Å²) in [6.45, 7) is 4.12. The summed E-state index contributed by atoms with van der Waals surface area (Å²) in [4.78, 5) is 8.70. The Bertz CT molecular complexity index is 494. The third-order valence-corrected chi connectivity index (χ3v) is 3.50. The zero-order valence-electron chi connectivity index (χ0n) is 10.7. The average molecular weight is 266 g/mol. The summed E-state index contributed by atoms with van der Waals surface area (Å²) >= 11 is 1.63. The fraction of sp³-hybridized carbons (Fsp3) is 0.583. The molecule has 0 spiro atoms. The number of hydrogen-bond donors (Lipinski definition) is 1.